The number of para-hydroxylation sites is 1. The number of hydrogen-bond donors (Lipinski definition) is 0. The quantitative estimate of drug-likeness (QED) is 0.744. The minimum atomic E-state index is -0.535. The number of nitrogens with zero attached hydrogens (tertiary/aromatic N) is 2. The number of carbonyl (C=O) groups excluding carboxylic acids is 1. The minimum absolute atomic E-state index is 0.143. The first kappa shape index (κ1) is 18.2. The zero-order valence-electron chi connectivity index (χ0n) is 15.9. The van der Waals surface area contributed by atoms with Crippen molar-refractivity contribution in [2.45, 2.75) is 52.6 Å². The van der Waals surface area contributed by atoms with Gasteiger partial charge in [-0.2, -0.15) is 5.10 Å². The molecule has 0 amide bonds. The van der Waals surface area contributed by atoms with E-state index < -0.39 is 5.60 Å². The van der Waals surface area contributed by atoms with Crippen molar-refractivity contribution in [3.63, 3.8) is 0 Å². The SMILES string of the molecule is Cc1nn(-c2ccccc2)c(OCC(=O)OC(C)(C)C)c1C1=CCCC1. The Morgan fingerprint density at radius 2 is 1.96 bits per heavy atom. The lowest BCUT2D eigenvalue weighted by Gasteiger charge is -2.20. The maximum atomic E-state index is 12.1. The molecule has 0 saturated carbocycles. The predicted octanol–water partition coefficient (Wildman–Crippen LogP) is 4.47. The third-order valence-corrected chi connectivity index (χ3v) is 4.13. The molecular weight excluding hydrogens is 328 g/mol. The van der Waals surface area contributed by atoms with Crippen LogP contribution in [0, 0.1) is 6.92 Å². The molecule has 1 aliphatic rings. The first-order chi connectivity index (χ1) is 12.3. The van der Waals surface area contributed by atoms with Crippen LogP contribution in [0.2, 0.25) is 0 Å². The molecule has 0 atom stereocenters. The van der Waals surface area contributed by atoms with Crippen LogP contribution in [0.1, 0.15) is 51.3 Å². The average molecular weight is 354 g/mol. The fourth-order valence-electron chi connectivity index (χ4n) is 3.15. The molecule has 1 aromatic carbocycles. The highest BCUT2D eigenvalue weighted by atomic mass is 16.6. The Morgan fingerprint density at radius 1 is 1.23 bits per heavy atom. The third-order valence-electron chi connectivity index (χ3n) is 4.13. The van der Waals surface area contributed by atoms with Gasteiger partial charge in [-0.25, -0.2) is 9.48 Å². The molecule has 1 aliphatic carbocycles. The number of benzene rings is 1. The molecule has 0 spiro atoms. The fraction of sp³-hybridized carbons (Fsp3) is 0.429. The maximum Gasteiger partial charge on any atom is 0.344 e. The molecule has 3 rings (SSSR count). The predicted molar refractivity (Wildman–Crippen MR) is 101 cm³/mol. The van der Waals surface area contributed by atoms with Gasteiger partial charge in [0.25, 0.3) is 0 Å². The Morgan fingerprint density at radius 3 is 2.58 bits per heavy atom. The Balaban J connectivity index is 1.94. The Kier molecular flexibility index (Phi) is 5.16. The topological polar surface area (TPSA) is 53.4 Å². The molecule has 0 N–H and O–H groups in total. The zero-order chi connectivity index (χ0) is 18.7. The van der Waals surface area contributed by atoms with Gasteiger partial charge in [0, 0.05) is 0 Å². The Labute approximate surface area is 154 Å². The Hall–Kier alpha value is -2.56. The first-order valence-electron chi connectivity index (χ1n) is 9.04. The first-order valence-corrected chi connectivity index (χ1v) is 9.04. The summed E-state index contributed by atoms with van der Waals surface area (Å²) in [6, 6.07) is 9.82. The van der Waals surface area contributed by atoms with Crippen LogP contribution in [0.15, 0.2) is 36.4 Å². The highest BCUT2D eigenvalue weighted by Crippen LogP contribution is 2.37. The fourth-order valence-corrected chi connectivity index (χ4v) is 3.15. The lowest BCUT2D eigenvalue weighted by Crippen LogP contribution is -2.27. The second-order valence-electron chi connectivity index (χ2n) is 7.51. The van der Waals surface area contributed by atoms with Crippen molar-refractivity contribution < 1.29 is 14.3 Å². The van der Waals surface area contributed by atoms with Crippen molar-refractivity contribution in [2.24, 2.45) is 0 Å². The lowest BCUT2D eigenvalue weighted by atomic mass is 10.1. The molecule has 5 heteroatoms. The number of carbonyl (C=O) groups is 1. The van der Waals surface area contributed by atoms with Crippen molar-refractivity contribution in [1.29, 1.82) is 0 Å². The van der Waals surface area contributed by atoms with Crippen molar-refractivity contribution in [2.75, 3.05) is 6.61 Å². The van der Waals surface area contributed by atoms with E-state index in [1.807, 2.05) is 58.0 Å². The molecule has 1 aromatic heterocycles. The number of hydrogen-bond acceptors (Lipinski definition) is 4. The standard InChI is InChI=1S/C21H26N2O3/c1-15-19(16-10-8-9-11-16)20(25-14-18(24)26-21(2,3)4)23(22-15)17-12-6-5-7-13-17/h5-7,10,12-13H,8-9,11,14H2,1-4H3. The van der Waals surface area contributed by atoms with E-state index in [1.54, 1.807) is 4.68 Å². The van der Waals surface area contributed by atoms with Crippen molar-refractivity contribution >= 4 is 11.5 Å². The molecule has 0 saturated heterocycles. The number of esters is 1. The van der Waals surface area contributed by atoms with E-state index in [-0.39, 0.29) is 12.6 Å². The van der Waals surface area contributed by atoms with E-state index in [4.69, 9.17) is 9.47 Å². The summed E-state index contributed by atoms with van der Waals surface area (Å²) in [5, 5.41) is 4.68. The van der Waals surface area contributed by atoms with Gasteiger partial charge in [0.2, 0.25) is 5.88 Å². The highest BCUT2D eigenvalue weighted by Gasteiger charge is 2.24. The van der Waals surface area contributed by atoms with Gasteiger partial charge in [0.05, 0.1) is 16.9 Å². The van der Waals surface area contributed by atoms with Crippen LogP contribution >= 0.6 is 0 Å². The van der Waals surface area contributed by atoms with Crippen LogP contribution < -0.4 is 4.74 Å². The number of aromatic nitrogens is 2. The Bertz CT molecular complexity index is 814. The van der Waals surface area contributed by atoms with Crippen LogP contribution in [0.5, 0.6) is 5.88 Å². The van der Waals surface area contributed by atoms with E-state index in [0.717, 1.165) is 36.2 Å². The van der Waals surface area contributed by atoms with Crippen molar-refractivity contribution in [3.05, 3.63) is 47.7 Å². The second-order valence-corrected chi connectivity index (χ2v) is 7.51. The van der Waals surface area contributed by atoms with E-state index >= 15 is 0 Å². The monoisotopic (exact) mass is 354 g/mol. The van der Waals surface area contributed by atoms with E-state index in [0.29, 0.717) is 5.88 Å². The van der Waals surface area contributed by atoms with Gasteiger partial charge in [-0.3, -0.25) is 0 Å². The number of allylic oxidation sites excluding steroid dienone is 2. The average Bonchev–Trinajstić information content (AvgIpc) is 3.19. The van der Waals surface area contributed by atoms with Gasteiger partial charge in [-0.1, -0.05) is 24.3 Å². The van der Waals surface area contributed by atoms with Gasteiger partial charge in [0.15, 0.2) is 6.61 Å². The summed E-state index contributed by atoms with van der Waals surface area (Å²) in [5.74, 6) is 0.218. The summed E-state index contributed by atoms with van der Waals surface area (Å²) in [6.07, 6.45) is 5.44. The molecule has 1 heterocycles. The summed E-state index contributed by atoms with van der Waals surface area (Å²) >= 11 is 0. The number of rotatable bonds is 5. The summed E-state index contributed by atoms with van der Waals surface area (Å²) in [5.41, 5.74) is 3.51. The van der Waals surface area contributed by atoms with Crippen LogP contribution in [-0.4, -0.2) is 28.0 Å². The summed E-state index contributed by atoms with van der Waals surface area (Å²) < 4.78 is 13.1. The molecule has 26 heavy (non-hydrogen) atoms. The third kappa shape index (κ3) is 4.15. The molecule has 0 fully saturated rings. The summed E-state index contributed by atoms with van der Waals surface area (Å²) in [7, 11) is 0. The number of ether oxygens (including phenoxy) is 2. The second kappa shape index (κ2) is 7.36. The van der Waals surface area contributed by atoms with Crippen LogP contribution in [-0.2, 0) is 9.53 Å². The van der Waals surface area contributed by atoms with E-state index in [1.165, 1.54) is 5.57 Å². The molecule has 5 nitrogen and oxygen atoms in total. The number of aryl methyl sites for hydroxylation is 1. The van der Waals surface area contributed by atoms with Gasteiger partial charge in [-0.15, -0.1) is 0 Å². The van der Waals surface area contributed by atoms with Crippen LogP contribution in [0.4, 0.5) is 0 Å². The van der Waals surface area contributed by atoms with Gasteiger partial charge in [0.1, 0.15) is 5.60 Å². The normalized spacial score (nSPS) is 14.2. The molecule has 0 aliphatic heterocycles. The molecule has 0 radical (unpaired) electrons. The van der Waals surface area contributed by atoms with Crippen molar-refractivity contribution in [3.8, 4) is 11.6 Å². The summed E-state index contributed by atoms with van der Waals surface area (Å²) in [6.45, 7) is 7.37. The zero-order valence-corrected chi connectivity index (χ0v) is 15.9. The van der Waals surface area contributed by atoms with Gasteiger partial charge < -0.3 is 9.47 Å². The molecule has 0 unspecified atom stereocenters. The van der Waals surface area contributed by atoms with Gasteiger partial charge in [-0.05, 0) is 64.7 Å². The molecule has 2 aromatic rings. The van der Waals surface area contributed by atoms with Crippen LogP contribution in [0.25, 0.3) is 11.3 Å². The van der Waals surface area contributed by atoms with E-state index in [9.17, 15) is 4.79 Å². The summed E-state index contributed by atoms with van der Waals surface area (Å²) in [4.78, 5) is 12.1. The molecule has 138 valence electrons. The van der Waals surface area contributed by atoms with Crippen LogP contribution in [0.3, 0.4) is 0 Å². The molecular formula is C21H26N2O3. The van der Waals surface area contributed by atoms with Crippen molar-refractivity contribution in [1.82, 2.24) is 9.78 Å². The minimum Gasteiger partial charge on any atom is -0.465 e. The smallest absolute Gasteiger partial charge is 0.344 e. The largest absolute Gasteiger partial charge is 0.465 e. The van der Waals surface area contributed by atoms with Gasteiger partial charge >= 0.3 is 5.97 Å². The lowest BCUT2D eigenvalue weighted by molar-refractivity contribution is -0.157. The maximum absolute atomic E-state index is 12.1. The van der Waals surface area contributed by atoms with E-state index in [2.05, 4.69) is 11.2 Å². The highest BCUT2D eigenvalue weighted by molar-refractivity contribution is 5.75. The molecule has 0 bridgehead atoms.